The maximum atomic E-state index is 6.46. The molecule has 0 fully saturated rings. The first-order valence-electron chi connectivity index (χ1n) is 15.5. The zero-order valence-corrected chi connectivity index (χ0v) is 27.0. The van der Waals surface area contributed by atoms with E-state index in [1.807, 2.05) is 0 Å². The van der Waals surface area contributed by atoms with E-state index < -0.39 is 8.80 Å². The molecule has 218 valence electrons. The molecule has 0 atom stereocenters. The second-order valence-corrected chi connectivity index (χ2v) is 12.8. The smallest absolute Gasteiger partial charge is 0.374 e. The SMILES string of the molecule is CCCN(CC)CCC(CCN(CC)CCC)(CCN(CC)CCC)C[Si](OCC)(OCC)OCC. The highest BCUT2D eigenvalue weighted by Crippen LogP contribution is 2.42. The van der Waals surface area contributed by atoms with Crippen molar-refractivity contribution >= 4 is 8.80 Å². The van der Waals surface area contributed by atoms with Gasteiger partial charge in [0.15, 0.2) is 0 Å². The molecule has 0 aliphatic carbocycles. The van der Waals surface area contributed by atoms with Crippen LogP contribution in [0.2, 0.25) is 6.04 Å². The molecule has 0 aromatic rings. The topological polar surface area (TPSA) is 37.4 Å². The van der Waals surface area contributed by atoms with E-state index in [0.717, 1.165) is 45.3 Å². The molecular weight excluding hydrogens is 466 g/mol. The summed E-state index contributed by atoms with van der Waals surface area (Å²) in [5.41, 5.74) is 0.134. The summed E-state index contributed by atoms with van der Waals surface area (Å²) in [6, 6.07) is 0.923. The fourth-order valence-electron chi connectivity index (χ4n) is 5.46. The molecule has 0 N–H and O–H groups in total. The zero-order valence-electron chi connectivity index (χ0n) is 26.0. The largest absolute Gasteiger partial charge is 0.501 e. The molecule has 7 heteroatoms. The fraction of sp³-hybridized carbons (Fsp3) is 1.00. The van der Waals surface area contributed by atoms with Crippen LogP contribution in [0, 0.1) is 5.41 Å². The first-order valence-corrected chi connectivity index (χ1v) is 17.4. The Kier molecular flexibility index (Phi) is 21.8. The Morgan fingerprint density at radius 3 is 1.00 bits per heavy atom. The normalized spacial score (nSPS) is 13.0. The standard InChI is InChI=1S/C29H65N3O3Si/c1-10-22-30(13-4)25-19-29(20-26-31(14-5)23-11-2,21-27-32(15-6)24-12-3)28-36(33-16-7,34-17-8)35-18-9/h10-28H2,1-9H3. The maximum absolute atomic E-state index is 6.46. The molecular formula is C29H65N3O3Si. The molecule has 0 bridgehead atoms. The van der Waals surface area contributed by atoms with Gasteiger partial charge in [-0.25, -0.2) is 0 Å². The summed E-state index contributed by atoms with van der Waals surface area (Å²) in [6.45, 7) is 32.2. The summed E-state index contributed by atoms with van der Waals surface area (Å²) < 4.78 is 19.4. The van der Waals surface area contributed by atoms with E-state index in [4.69, 9.17) is 13.3 Å². The lowest BCUT2D eigenvalue weighted by atomic mass is 9.79. The van der Waals surface area contributed by atoms with E-state index in [-0.39, 0.29) is 5.41 Å². The molecule has 0 spiro atoms. The van der Waals surface area contributed by atoms with Gasteiger partial charge in [0.1, 0.15) is 0 Å². The van der Waals surface area contributed by atoms with Crippen molar-refractivity contribution < 1.29 is 13.3 Å². The van der Waals surface area contributed by atoms with Crippen LogP contribution in [0.3, 0.4) is 0 Å². The highest BCUT2D eigenvalue weighted by atomic mass is 28.4. The van der Waals surface area contributed by atoms with Gasteiger partial charge in [-0.3, -0.25) is 0 Å². The van der Waals surface area contributed by atoms with Gasteiger partial charge in [0.2, 0.25) is 0 Å². The van der Waals surface area contributed by atoms with Crippen LogP contribution in [0.25, 0.3) is 0 Å². The molecule has 0 aliphatic rings. The monoisotopic (exact) mass is 531 g/mol. The van der Waals surface area contributed by atoms with Gasteiger partial charge in [0.25, 0.3) is 0 Å². The van der Waals surface area contributed by atoms with Gasteiger partial charge in [-0.2, -0.15) is 0 Å². The van der Waals surface area contributed by atoms with Gasteiger partial charge in [-0.1, -0.05) is 41.5 Å². The van der Waals surface area contributed by atoms with E-state index >= 15 is 0 Å². The first kappa shape index (κ1) is 36.0. The van der Waals surface area contributed by atoms with Crippen LogP contribution in [0.4, 0.5) is 0 Å². The summed E-state index contributed by atoms with van der Waals surface area (Å²) in [5.74, 6) is 0. The lowest BCUT2D eigenvalue weighted by molar-refractivity contribution is 0.0466. The summed E-state index contributed by atoms with van der Waals surface area (Å²) >= 11 is 0. The van der Waals surface area contributed by atoms with Crippen molar-refractivity contribution in [2.75, 3.05) is 78.7 Å². The highest BCUT2D eigenvalue weighted by Gasteiger charge is 2.48. The predicted octanol–water partition coefficient (Wildman–Crippen LogP) is 6.39. The Morgan fingerprint density at radius 1 is 0.472 bits per heavy atom. The quantitative estimate of drug-likeness (QED) is 0.120. The second-order valence-electron chi connectivity index (χ2n) is 10.2. The van der Waals surface area contributed by atoms with Crippen molar-refractivity contribution in [3.8, 4) is 0 Å². The minimum absolute atomic E-state index is 0.134. The highest BCUT2D eigenvalue weighted by molar-refractivity contribution is 6.60. The summed E-state index contributed by atoms with van der Waals surface area (Å²) in [4.78, 5) is 7.90. The van der Waals surface area contributed by atoms with E-state index in [1.54, 1.807) is 0 Å². The van der Waals surface area contributed by atoms with Crippen LogP contribution < -0.4 is 0 Å². The molecule has 6 nitrogen and oxygen atoms in total. The molecule has 0 heterocycles. The van der Waals surface area contributed by atoms with E-state index in [2.05, 4.69) is 77.0 Å². The Hall–Kier alpha value is -0.0231. The Morgan fingerprint density at radius 2 is 0.778 bits per heavy atom. The third-order valence-corrected chi connectivity index (χ3v) is 10.9. The van der Waals surface area contributed by atoms with Gasteiger partial charge < -0.3 is 28.0 Å². The van der Waals surface area contributed by atoms with Crippen molar-refractivity contribution in [2.45, 2.75) is 107 Å². The van der Waals surface area contributed by atoms with Crippen LogP contribution in [-0.2, 0) is 13.3 Å². The van der Waals surface area contributed by atoms with Gasteiger partial charge in [-0.05, 0) is 124 Å². The van der Waals surface area contributed by atoms with E-state index in [0.29, 0.717) is 19.8 Å². The van der Waals surface area contributed by atoms with E-state index in [1.165, 1.54) is 58.2 Å². The second kappa shape index (κ2) is 21.9. The molecule has 0 aromatic carbocycles. The number of hydrogen-bond acceptors (Lipinski definition) is 6. The molecule has 36 heavy (non-hydrogen) atoms. The molecule has 0 aromatic heterocycles. The van der Waals surface area contributed by atoms with Gasteiger partial charge in [-0.15, -0.1) is 0 Å². The zero-order chi connectivity index (χ0) is 27.3. The fourth-order valence-corrected chi connectivity index (χ4v) is 8.78. The summed E-state index contributed by atoms with van der Waals surface area (Å²) in [5, 5.41) is 0. The third kappa shape index (κ3) is 14.2. The van der Waals surface area contributed by atoms with Crippen molar-refractivity contribution in [3.63, 3.8) is 0 Å². The molecule has 0 saturated carbocycles. The Labute approximate surface area is 227 Å². The lowest BCUT2D eigenvalue weighted by Gasteiger charge is -2.43. The Balaban J connectivity index is 6.29. The van der Waals surface area contributed by atoms with Crippen molar-refractivity contribution in [1.29, 1.82) is 0 Å². The summed E-state index contributed by atoms with van der Waals surface area (Å²) in [7, 11) is -2.79. The number of rotatable bonds is 26. The van der Waals surface area contributed by atoms with Crippen LogP contribution in [-0.4, -0.2) is 102 Å². The molecule has 0 aliphatic heterocycles. The van der Waals surface area contributed by atoms with Crippen LogP contribution in [0.1, 0.15) is 101 Å². The summed E-state index contributed by atoms with van der Waals surface area (Å²) in [6.07, 6.45) is 7.15. The van der Waals surface area contributed by atoms with Gasteiger partial charge >= 0.3 is 8.80 Å². The van der Waals surface area contributed by atoms with Crippen LogP contribution >= 0.6 is 0 Å². The minimum atomic E-state index is -2.79. The molecule has 0 amide bonds. The molecule has 0 unspecified atom stereocenters. The van der Waals surface area contributed by atoms with Gasteiger partial charge in [0, 0.05) is 25.9 Å². The Bertz CT molecular complexity index is 436. The lowest BCUT2D eigenvalue weighted by Crippen LogP contribution is -2.51. The van der Waals surface area contributed by atoms with Crippen molar-refractivity contribution in [3.05, 3.63) is 0 Å². The first-order chi connectivity index (χ1) is 17.4. The van der Waals surface area contributed by atoms with Gasteiger partial charge in [0.05, 0.1) is 0 Å². The van der Waals surface area contributed by atoms with E-state index in [9.17, 15) is 0 Å². The molecule has 0 saturated heterocycles. The van der Waals surface area contributed by atoms with Crippen molar-refractivity contribution in [2.24, 2.45) is 5.41 Å². The average molecular weight is 532 g/mol. The van der Waals surface area contributed by atoms with Crippen molar-refractivity contribution in [1.82, 2.24) is 14.7 Å². The third-order valence-electron chi connectivity index (χ3n) is 7.52. The van der Waals surface area contributed by atoms with Crippen LogP contribution in [0.5, 0.6) is 0 Å². The minimum Gasteiger partial charge on any atom is -0.374 e. The maximum Gasteiger partial charge on any atom is 0.501 e. The molecule has 0 radical (unpaired) electrons. The van der Waals surface area contributed by atoms with Crippen LogP contribution in [0.15, 0.2) is 0 Å². The molecule has 0 rings (SSSR count). The average Bonchev–Trinajstić information content (AvgIpc) is 2.87. The predicted molar refractivity (Wildman–Crippen MR) is 159 cm³/mol. The number of nitrogens with zero attached hydrogens (tertiary/aromatic N) is 3. The number of hydrogen-bond donors (Lipinski definition) is 0.